The molecule has 1 amide bonds. The number of likely N-dealkylation sites (N-methyl/N-ethyl adjacent to an activating group) is 1. The van der Waals surface area contributed by atoms with Gasteiger partial charge < -0.3 is 19.2 Å². The average Bonchev–Trinajstić information content (AvgIpc) is 3.58. The van der Waals surface area contributed by atoms with E-state index in [0.29, 0.717) is 45.9 Å². The number of H-pyrrole nitrogens is 1. The highest BCUT2D eigenvalue weighted by Crippen LogP contribution is 2.36. The van der Waals surface area contributed by atoms with Crippen LogP contribution in [0, 0.1) is 5.82 Å². The number of hydrogen-bond donors (Lipinski definition) is 1. The van der Waals surface area contributed by atoms with E-state index in [4.69, 9.17) is 16.0 Å². The highest BCUT2D eigenvalue weighted by Gasteiger charge is 2.38. The zero-order valence-electron chi connectivity index (χ0n) is 19.7. The Kier molecular flexibility index (Phi) is 5.50. The van der Waals surface area contributed by atoms with Crippen molar-refractivity contribution in [2.24, 2.45) is 0 Å². The van der Waals surface area contributed by atoms with Crippen LogP contribution in [0.2, 0.25) is 5.02 Å². The van der Waals surface area contributed by atoms with E-state index in [1.54, 1.807) is 28.0 Å². The van der Waals surface area contributed by atoms with Crippen LogP contribution in [-0.4, -0.2) is 67.5 Å². The molecule has 1 aliphatic rings. The van der Waals surface area contributed by atoms with E-state index in [9.17, 15) is 9.18 Å². The number of halogens is 2. The summed E-state index contributed by atoms with van der Waals surface area (Å²) < 4.78 is 21.4. The fourth-order valence-corrected chi connectivity index (χ4v) is 4.92. The van der Waals surface area contributed by atoms with E-state index >= 15 is 0 Å². The lowest BCUT2D eigenvalue weighted by molar-refractivity contribution is 0.0669. The first-order chi connectivity index (χ1) is 17.4. The minimum atomic E-state index is -0.673. The number of aromatic nitrogens is 5. The van der Waals surface area contributed by atoms with Gasteiger partial charge in [-0.2, -0.15) is 5.10 Å². The summed E-state index contributed by atoms with van der Waals surface area (Å²) in [6, 6.07) is 5.27. The topological polar surface area (TPSA) is 95.6 Å². The number of fused-ring (bicyclic) bond motifs is 3. The first-order valence-electron chi connectivity index (χ1n) is 11.6. The fraction of sp³-hybridized carbons (Fsp3) is 0.280. The van der Waals surface area contributed by atoms with Crippen molar-refractivity contribution in [3.8, 4) is 0 Å². The van der Waals surface area contributed by atoms with Gasteiger partial charge in [-0.1, -0.05) is 11.6 Å². The van der Waals surface area contributed by atoms with Gasteiger partial charge in [0, 0.05) is 42.5 Å². The fourth-order valence-electron chi connectivity index (χ4n) is 4.67. The van der Waals surface area contributed by atoms with E-state index in [-0.39, 0.29) is 11.8 Å². The molecule has 0 unspecified atom stereocenters. The number of oxazole rings is 1. The van der Waals surface area contributed by atoms with Crippen molar-refractivity contribution in [2.75, 3.05) is 27.2 Å². The number of carbonyl (C=O) groups excluding carboxylic acids is 1. The molecule has 0 aliphatic carbocycles. The smallest absolute Gasteiger partial charge is 0.258 e. The van der Waals surface area contributed by atoms with E-state index < -0.39 is 11.9 Å². The monoisotopic (exact) mass is 507 g/mol. The van der Waals surface area contributed by atoms with Crippen LogP contribution in [-0.2, 0) is 12.8 Å². The van der Waals surface area contributed by atoms with Crippen LogP contribution in [0.5, 0.6) is 0 Å². The first-order valence-corrected chi connectivity index (χ1v) is 12.0. The van der Waals surface area contributed by atoms with Gasteiger partial charge in [0.15, 0.2) is 11.6 Å². The zero-order valence-corrected chi connectivity index (χ0v) is 20.5. The van der Waals surface area contributed by atoms with Gasteiger partial charge in [0.2, 0.25) is 5.89 Å². The molecule has 0 fully saturated rings. The Bertz CT molecular complexity index is 1600. The molecule has 0 bridgehead atoms. The second kappa shape index (κ2) is 8.72. The van der Waals surface area contributed by atoms with Gasteiger partial charge in [-0.3, -0.25) is 4.79 Å². The third kappa shape index (κ3) is 3.82. The molecule has 1 aromatic carbocycles. The highest BCUT2D eigenvalue weighted by atomic mass is 35.5. The second-order valence-electron chi connectivity index (χ2n) is 9.17. The second-order valence-corrected chi connectivity index (χ2v) is 9.58. The maximum Gasteiger partial charge on any atom is 0.258 e. The summed E-state index contributed by atoms with van der Waals surface area (Å²) in [5, 5.41) is 5.02. The molecule has 36 heavy (non-hydrogen) atoms. The zero-order chi connectivity index (χ0) is 25.0. The number of hydrogen-bond acceptors (Lipinski definition) is 6. The lowest BCUT2D eigenvalue weighted by Gasteiger charge is -2.32. The van der Waals surface area contributed by atoms with Gasteiger partial charge >= 0.3 is 0 Å². The molecule has 0 radical (unpaired) electrons. The van der Waals surface area contributed by atoms with E-state index in [1.165, 1.54) is 18.2 Å². The summed E-state index contributed by atoms with van der Waals surface area (Å²) in [5.74, 6) is -0.376. The number of nitrogens with one attached hydrogen (secondary N) is 1. The Balaban J connectivity index is 1.40. The molecule has 1 N–H and O–H groups in total. The standard InChI is InChI=1S/C25H23ClFN7O2/c1-32(2)7-5-14-12-34-20(10-17(14)26)16(11-30-34)25(35)33-8-6-18-22(29-13-28-18)23(33)24-31-19-9-15(27)3-4-21(19)36-24/h3-4,9-13,23H,5-8H2,1-2H3,(H,28,29)/t23-/m0/s1. The Morgan fingerprint density at radius 2 is 2.19 bits per heavy atom. The molecule has 9 nitrogen and oxygen atoms in total. The molecule has 5 aromatic rings. The van der Waals surface area contributed by atoms with Gasteiger partial charge in [-0.15, -0.1) is 0 Å². The summed E-state index contributed by atoms with van der Waals surface area (Å²) in [5.41, 5.74) is 4.37. The molecule has 4 aromatic heterocycles. The number of carbonyl (C=O) groups is 1. The van der Waals surface area contributed by atoms with Crippen molar-refractivity contribution in [1.29, 1.82) is 0 Å². The predicted molar refractivity (Wildman–Crippen MR) is 132 cm³/mol. The number of imidazole rings is 1. The largest absolute Gasteiger partial charge is 0.438 e. The number of rotatable bonds is 5. The number of benzene rings is 1. The molecule has 6 rings (SSSR count). The van der Waals surface area contributed by atoms with Gasteiger partial charge in [0.05, 0.1) is 29.3 Å². The summed E-state index contributed by atoms with van der Waals surface area (Å²) in [6.07, 6.45) is 6.38. The molecule has 0 saturated carbocycles. The number of aromatic amines is 1. The summed E-state index contributed by atoms with van der Waals surface area (Å²) >= 11 is 6.59. The van der Waals surface area contributed by atoms with Crippen molar-refractivity contribution < 1.29 is 13.6 Å². The summed E-state index contributed by atoms with van der Waals surface area (Å²) in [4.78, 5) is 29.8. The minimum Gasteiger partial charge on any atom is -0.438 e. The molecular weight excluding hydrogens is 485 g/mol. The van der Waals surface area contributed by atoms with Crippen LogP contribution in [0.3, 0.4) is 0 Å². The SMILES string of the molecule is CN(C)CCc1cn2ncc(C(=O)N3CCc4[nH]cnc4[C@H]3c3nc4cc(F)ccc4o3)c2cc1Cl. The molecule has 11 heteroatoms. The van der Waals surface area contributed by atoms with Gasteiger partial charge in [0.25, 0.3) is 5.91 Å². The van der Waals surface area contributed by atoms with E-state index in [1.807, 2.05) is 20.3 Å². The van der Waals surface area contributed by atoms with Crippen LogP contribution in [0.1, 0.15) is 39.2 Å². The quantitative estimate of drug-likeness (QED) is 0.388. The Morgan fingerprint density at radius 3 is 3.03 bits per heavy atom. The van der Waals surface area contributed by atoms with Crippen molar-refractivity contribution in [2.45, 2.75) is 18.9 Å². The van der Waals surface area contributed by atoms with Crippen molar-refractivity contribution in [3.63, 3.8) is 0 Å². The van der Waals surface area contributed by atoms with Crippen LogP contribution in [0.4, 0.5) is 4.39 Å². The van der Waals surface area contributed by atoms with Crippen LogP contribution in [0.25, 0.3) is 16.6 Å². The summed E-state index contributed by atoms with van der Waals surface area (Å²) in [7, 11) is 4.01. The summed E-state index contributed by atoms with van der Waals surface area (Å²) in [6.45, 7) is 1.26. The van der Waals surface area contributed by atoms with E-state index in [2.05, 4.69) is 25.0 Å². The third-order valence-corrected chi connectivity index (χ3v) is 6.88. The van der Waals surface area contributed by atoms with Gasteiger partial charge in [0.1, 0.15) is 11.3 Å². The average molecular weight is 508 g/mol. The number of nitrogens with zero attached hydrogens (tertiary/aromatic N) is 6. The molecule has 0 saturated heterocycles. The molecule has 0 spiro atoms. The van der Waals surface area contributed by atoms with E-state index in [0.717, 1.165) is 24.2 Å². The Labute approximate surface area is 210 Å². The van der Waals surface area contributed by atoms with Gasteiger partial charge in [-0.05, 0) is 44.3 Å². The van der Waals surface area contributed by atoms with Crippen molar-refractivity contribution >= 4 is 34.1 Å². The Hall–Kier alpha value is -3.76. The first kappa shape index (κ1) is 22.7. The predicted octanol–water partition coefficient (Wildman–Crippen LogP) is 3.88. The highest BCUT2D eigenvalue weighted by molar-refractivity contribution is 6.31. The normalized spacial score (nSPS) is 15.8. The minimum absolute atomic E-state index is 0.241. The van der Waals surface area contributed by atoms with Crippen LogP contribution >= 0.6 is 11.6 Å². The number of pyridine rings is 1. The molecule has 1 atom stereocenters. The lowest BCUT2D eigenvalue weighted by Crippen LogP contribution is -2.41. The molecular formula is C25H23ClFN7O2. The maximum absolute atomic E-state index is 13.9. The molecule has 1 aliphatic heterocycles. The van der Waals surface area contributed by atoms with Crippen molar-refractivity contribution in [1.82, 2.24) is 34.4 Å². The third-order valence-electron chi connectivity index (χ3n) is 6.53. The molecule has 5 heterocycles. The van der Waals surface area contributed by atoms with Crippen LogP contribution in [0.15, 0.2) is 47.4 Å². The van der Waals surface area contributed by atoms with Crippen molar-refractivity contribution in [3.05, 3.63) is 82.2 Å². The van der Waals surface area contributed by atoms with Crippen LogP contribution < -0.4 is 0 Å². The Morgan fingerprint density at radius 1 is 1.33 bits per heavy atom. The lowest BCUT2D eigenvalue weighted by atomic mass is 10.0. The molecule has 184 valence electrons. The van der Waals surface area contributed by atoms with Gasteiger partial charge in [-0.25, -0.2) is 18.9 Å². The maximum atomic E-state index is 13.9. The number of amides is 1.